The molecular weight excluding hydrogens is 392 g/mol. The molecule has 0 spiro atoms. The topological polar surface area (TPSA) is 67.7 Å². The summed E-state index contributed by atoms with van der Waals surface area (Å²) >= 11 is 0. The molecule has 0 atom stereocenters. The molecule has 1 aliphatic rings. The van der Waals surface area contributed by atoms with E-state index in [1.165, 1.54) is 10.2 Å². The van der Waals surface area contributed by atoms with Gasteiger partial charge in [0.2, 0.25) is 5.91 Å². The lowest BCUT2D eigenvalue weighted by molar-refractivity contribution is -0.130. The normalized spacial score (nSPS) is 15.1. The maximum atomic E-state index is 13.1. The highest BCUT2D eigenvalue weighted by Crippen LogP contribution is 2.17. The van der Waals surface area contributed by atoms with Gasteiger partial charge in [-0.1, -0.05) is 30.3 Å². The van der Waals surface area contributed by atoms with Crippen LogP contribution in [0.1, 0.15) is 17.7 Å². The quantitative estimate of drug-likeness (QED) is 0.633. The summed E-state index contributed by atoms with van der Waals surface area (Å²) in [5, 5.41) is 5.74. The predicted molar refractivity (Wildman–Crippen MR) is 120 cm³/mol. The highest BCUT2D eigenvalue weighted by Gasteiger charge is 2.21. The molecule has 4 rings (SSSR count). The van der Waals surface area contributed by atoms with Crippen molar-refractivity contribution in [1.82, 2.24) is 19.6 Å². The Balaban J connectivity index is 1.42. The van der Waals surface area contributed by atoms with E-state index < -0.39 is 0 Å². The van der Waals surface area contributed by atoms with Gasteiger partial charge in [-0.3, -0.25) is 14.5 Å². The number of fused-ring (bicyclic) bond motifs is 1. The van der Waals surface area contributed by atoms with Gasteiger partial charge in [0.25, 0.3) is 5.56 Å². The van der Waals surface area contributed by atoms with Gasteiger partial charge in [-0.15, -0.1) is 0 Å². The van der Waals surface area contributed by atoms with Gasteiger partial charge in [0.1, 0.15) is 5.75 Å². The number of aromatic nitrogens is 2. The number of benzene rings is 2. The monoisotopic (exact) mass is 420 g/mol. The summed E-state index contributed by atoms with van der Waals surface area (Å²) in [5.74, 6) is 0.915. The molecule has 162 valence electrons. The van der Waals surface area contributed by atoms with Crippen molar-refractivity contribution in [2.45, 2.75) is 19.4 Å². The smallest absolute Gasteiger partial charge is 0.274 e. The van der Waals surface area contributed by atoms with Crippen LogP contribution in [0, 0.1) is 0 Å². The summed E-state index contributed by atoms with van der Waals surface area (Å²) in [7, 11) is 3.30. The number of methoxy groups -OCH3 is 1. The van der Waals surface area contributed by atoms with Crippen LogP contribution in [0.15, 0.2) is 53.3 Å². The summed E-state index contributed by atoms with van der Waals surface area (Å²) in [4.78, 5) is 29.7. The van der Waals surface area contributed by atoms with E-state index in [2.05, 4.69) is 22.1 Å². The van der Waals surface area contributed by atoms with Gasteiger partial charge in [-0.05, 0) is 30.2 Å². The maximum absolute atomic E-state index is 13.1. The largest absolute Gasteiger partial charge is 0.497 e. The summed E-state index contributed by atoms with van der Waals surface area (Å²) in [6.45, 7) is 4.08. The van der Waals surface area contributed by atoms with E-state index in [-0.39, 0.29) is 17.9 Å². The van der Waals surface area contributed by atoms with Crippen molar-refractivity contribution in [2.75, 3.05) is 33.3 Å². The molecule has 1 aliphatic heterocycles. The average Bonchev–Trinajstić information content (AvgIpc) is 3.03. The minimum Gasteiger partial charge on any atom is -0.497 e. The zero-order chi connectivity index (χ0) is 21.8. The standard InChI is InChI=1S/C24H28N4O3/c1-26-24(30)21-7-4-3-6-20(21)22(25-26)16-23(29)28-13-5-12-27(14-15-28)17-18-8-10-19(31-2)11-9-18/h3-4,6-11H,5,12-17H2,1-2H3. The molecule has 31 heavy (non-hydrogen) atoms. The maximum Gasteiger partial charge on any atom is 0.274 e. The number of hydrogen-bond acceptors (Lipinski definition) is 5. The van der Waals surface area contributed by atoms with Gasteiger partial charge < -0.3 is 9.64 Å². The van der Waals surface area contributed by atoms with Crippen LogP contribution in [0.2, 0.25) is 0 Å². The Bertz CT molecular complexity index is 1120. The van der Waals surface area contributed by atoms with E-state index in [1.807, 2.05) is 35.2 Å². The highest BCUT2D eigenvalue weighted by molar-refractivity contribution is 5.88. The lowest BCUT2D eigenvalue weighted by Crippen LogP contribution is -2.36. The molecular formula is C24H28N4O3. The first-order valence-electron chi connectivity index (χ1n) is 10.6. The Kier molecular flexibility index (Phi) is 6.32. The second-order valence-electron chi connectivity index (χ2n) is 7.96. The first-order chi connectivity index (χ1) is 15.0. The molecule has 0 saturated carbocycles. The van der Waals surface area contributed by atoms with E-state index in [1.54, 1.807) is 20.2 Å². The van der Waals surface area contributed by atoms with Crippen molar-refractivity contribution in [2.24, 2.45) is 7.05 Å². The van der Waals surface area contributed by atoms with E-state index in [0.29, 0.717) is 17.6 Å². The molecule has 1 saturated heterocycles. The van der Waals surface area contributed by atoms with Crippen molar-refractivity contribution < 1.29 is 9.53 Å². The fourth-order valence-electron chi connectivity index (χ4n) is 4.13. The third-order valence-electron chi connectivity index (χ3n) is 5.86. The Hall–Kier alpha value is -3.19. The highest BCUT2D eigenvalue weighted by atomic mass is 16.5. The first-order valence-corrected chi connectivity index (χ1v) is 10.6. The van der Waals surface area contributed by atoms with Gasteiger partial charge >= 0.3 is 0 Å². The molecule has 7 heteroatoms. The number of amides is 1. The summed E-state index contributed by atoms with van der Waals surface area (Å²) in [6, 6.07) is 15.5. The molecule has 0 bridgehead atoms. The summed E-state index contributed by atoms with van der Waals surface area (Å²) in [6.07, 6.45) is 1.14. The SMILES string of the molecule is COc1ccc(CN2CCCN(C(=O)Cc3nn(C)c(=O)c4ccccc34)CC2)cc1. The predicted octanol–water partition coefficient (Wildman–Crippen LogP) is 2.22. The van der Waals surface area contributed by atoms with Crippen molar-refractivity contribution in [1.29, 1.82) is 0 Å². The average molecular weight is 421 g/mol. The Labute approximate surface area is 181 Å². The number of aryl methyl sites for hydroxylation is 1. The van der Waals surface area contributed by atoms with Gasteiger partial charge in [-0.2, -0.15) is 5.10 Å². The van der Waals surface area contributed by atoms with Gasteiger partial charge in [0.05, 0.1) is 24.6 Å². The number of ether oxygens (including phenoxy) is 1. The number of carbonyl (C=O) groups excluding carboxylic acids is 1. The Morgan fingerprint density at radius 1 is 1.00 bits per heavy atom. The van der Waals surface area contributed by atoms with Gasteiger partial charge in [0, 0.05) is 45.2 Å². The van der Waals surface area contributed by atoms with Crippen LogP contribution in [0.25, 0.3) is 10.8 Å². The molecule has 0 N–H and O–H groups in total. The Morgan fingerprint density at radius 2 is 1.74 bits per heavy atom. The minimum atomic E-state index is -0.143. The molecule has 3 aromatic rings. The van der Waals surface area contributed by atoms with Gasteiger partial charge in [0.15, 0.2) is 0 Å². The molecule has 2 aromatic carbocycles. The summed E-state index contributed by atoms with van der Waals surface area (Å²) in [5.41, 5.74) is 1.75. The zero-order valence-electron chi connectivity index (χ0n) is 18.1. The molecule has 0 unspecified atom stereocenters. The van der Waals surface area contributed by atoms with Crippen LogP contribution in [0.3, 0.4) is 0 Å². The van der Waals surface area contributed by atoms with E-state index in [4.69, 9.17) is 4.74 Å². The Morgan fingerprint density at radius 3 is 2.48 bits per heavy atom. The van der Waals surface area contributed by atoms with E-state index in [9.17, 15) is 9.59 Å². The molecule has 0 radical (unpaired) electrons. The molecule has 1 fully saturated rings. The van der Waals surface area contributed by atoms with Crippen LogP contribution in [0.5, 0.6) is 5.75 Å². The second-order valence-corrected chi connectivity index (χ2v) is 7.96. The lowest BCUT2D eigenvalue weighted by atomic mass is 10.1. The van der Waals surface area contributed by atoms with Crippen LogP contribution >= 0.6 is 0 Å². The summed E-state index contributed by atoms with van der Waals surface area (Å²) < 4.78 is 6.55. The third kappa shape index (κ3) is 4.77. The van der Waals surface area contributed by atoms with E-state index in [0.717, 1.165) is 43.7 Å². The molecule has 0 aliphatic carbocycles. The third-order valence-corrected chi connectivity index (χ3v) is 5.86. The zero-order valence-corrected chi connectivity index (χ0v) is 18.1. The van der Waals surface area contributed by atoms with Gasteiger partial charge in [-0.25, -0.2) is 4.68 Å². The number of carbonyl (C=O) groups is 1. The number of rotatable bonds is 5. The molecule has 2 heterocycles. The molecule has 1 aromatic heterocycles. The van der Waals surface area contributed by atoms with Crippen molar-refractivity contribution in [3.8, 4) is 5.75 Å². The number of nitrogens with zero attached hydrogens (tertiary/aromatic N) is 4. The lowest BCUT2D eigenvalue weighted by Gasteiger charge is -2.22. The van der Waals surface area contributed by atoms with Crippen molar-refractivity contribution >= 4 is 16.7 Å². The van der Waals surface area contributed by atoms with Crippen molar-refractivity contribution in [3.05, 3.63) is 70.1 Å². The van der Waals surface area contributed by atoms with E-state index >= 15 is 0 Å². The molecule has 1 amide bonds. The minimum absolute atomic E-state index is 0.0580. The molecule has 7 nitrogen and oxygen atoms in total. The fraction of sp³-hybridized carbons (Fsp3) is 0.375. The van der Waals surface area contributed by atoms with Crippen LogP contribution < -0.4 is 10.3 Å². The van der Waals surface area contributed by atoms with Crippen LogP contribution in [0.4, 0.5) is 0 Å². The van der Waals surface area contributed by atoms with Crippen molar-refractivity contribution in [3.63, 3.8) is 0 Å². The van der Waals surface area contributed by atoms with Crippen LogP contribution in [-0.2, 0) is 24.8 Å². The number of hydrogen-bond donors (Lipinski definition) is 0. The van der Waals surface area contributed by atoms with Crippen LogP contribution in [-0.4, -0.2) is 58.8 Å². The first kappa shape index (κ1) is 21.1. The fourth-order valence-corrected chi connectivity index (χ4v) is 4.13. The second kappa shape index (κ2) is 9.31.